The van der Waals surface area contributed by atoms with Gasteiger partial charge in [0, 0.05) is 7.11 Å². The predicted molar refractivity (Wildman–Crippen MR) is 255 cm³/mol. The molecule has 7 atom stereocenters. The van der Waals surface area contributed by atoms with Gasteiger partial charge in [0.25, 0.3) is 0 Å². The van der Waals surface area contributed by atoms with Gasteiger partial charge in [0.15, 0.2) is 6.29 Å². The van der Waals surface area contributed by atoms with Crippen LogP contribution in [0.3, 0.4) is 0 Å². The Hall–Kier alpha value is -5.56. The Morgan fingerprint density at radius 2 is 0.879 bits per heavy atom. The van der Waals surface area contributed by atoms with Gasteiger partial charge in [-0.25, -0.2) is 0 Å². The van der Waals surface area contributed by atoms with Gasteiger partial charge in [-0.2, -0.15) is 0 Å². The first-order valence-corrected chi connectivity index (χ1v) is 22.8. The maximum Gasteiger partial charge on any atom is 0.187 e. The van der Waals surface area contributed by atoms with Crippen molar-refractivity contribution in [1.82, 2.24) is 0 Å². The van der Waals surface area contributed by atoms with Crippen molar-refractivity contribution in [1.29, 1.82) is 0 Å². The molecule has 7 aromatic carbocycles. The third-order valence-electron chi connectivity index (χ3n) is 11.6. The Balaban J connectivity index is 1.06. The maximum absolute atomic E-state index is 6.96. The number of fused-ring (bicyclic) bond motifs is 1. The lowest BCUT2D eigenvalue weighted by atomic mass is 10.1. The molecule has 0 bridgehead atoms. The number of rotatable bonds is 26. The molecule has 0 aromatic heterocycles. The molecule has 0 amide bonds. The average Bonchev–Trinajstić information content (AvgIpc) is 3.72. The molecule has 1 heterocycles. The number of ether oxygens (including phenoxy) is 9. The Morgan fingerprint density at radius 1 is 0.409 bits per heavy atom. The Kier molecular flexibility index (Phi) is 18.1. The van der Waals surface area contributed by atoms with E-state index in [1.807, 2.05) is 127 Å². The molecule has 0 aliphatic carbocycles. The van der Waals surface area contributed by atoms with Crippen molar-refractivity contribution in [2.75, 3.05) is 26.9 Å². The third kappa shape index (κ3) is 14.0. The average molecular weight is 889 g/mol. The smallest absolute Gasteiger partial charge is 0.187 e. The minimum atomic E-state index is -0.813. The summed E-state index contributed by atoms with van der Waals surface area (Å²) < 4.78 is 59.8. The second-order valence-corrected chi connectivity index (χ2v) is 16.5. The minimum absolute atomic E-state index is 0.0791. The number of hydrogen-bond acceptors (Lipinski definition) is 9. The van der Waals surface area contributed by atoms with Gasteiger partial charge < -0.3 is 42.6 Å². The predicted octanol–water partition coefficient (Wildman–Crippen LogP) is 10.7. The molecule has 8 rings (SSSR count). The third-order valence-corrected chi connectivity index (χ3v) is 11.6. The fourth-order valence-electron chi connectivity index (χ4n) is 8.11. The van der Waals surface area contributed by atoms with E-state index in [9.17, 15) is 0 Å². The number of benzene rings is 7. The van der Waals surface area contributed by atoms with Gasteiger partial charge in [-0.1, -0.05) is 188 Å². The molecule has 0 N–H and O–H groups in total. The molecule has 1 saturated heterocycles. The summed E-state index contributed by atoms with van der Waals surface area (Å²) in [6, 6.07) is 65.2. The van der Waals surface area contributed by atoms with Gasteiger partial charge in [0.2, 0.25) is 0 Å². The summed E-state index contributed by atoms with van der Waals surface area (Å²) in [4.78, 5) is 0. The lowest BCUT2D eigenvalue weighted by Crippen LogP contribution is -2.48. The topological polar surface area (TPSA) is 83.1 Å². The van der Waals surface area contributed by atoms with Crippen molar-refractivity contribution >= 4 is 10.8 Å². The first-order chi connectivity index (χ1) is 32.7. The van der Waals surface area contributed by atoms with Gasteiger partial charge in [0.1, 0.15) is 36.6 Å². The molecule has 9 nitrogen and oxygen atoms in total. The molecule has 9 heteroatoms. The van der Waals surface area contributed by atoms with Gasteiger partial charge in [-0.05, 0) is 50.2 Å². The van der Waals surface area contributed by atoms with E-state index in [0.29, 0.717) is 39.6 Å². The van der Waals surface area contributed by atoms with E-state index in [-0.39, 0.29) is 19.8 Å². The van der Waals surface area contributed by atoms with Crippen molar-refractivity contribution < 1.29 is 42.6 Å². The van der Waals surface area contributed by atoms with Gasteiger partial charge in [-0.15, -0.1) is 0 Å². The van der Waals surface area contributed by atoms with Crippen LogP contribution in [0.4, 0.5) is 0 Å². The standard InChI is InChI=1S/C57H60O9/c1-58-56-55(64-39-47-27-15-6-16-28-47)53(41-59-34-43-19-7-2-8-20-43)66-57(56)65-42-52(62-37-45-23-11-4-12-24-45)54(63-38-46-25-13-5-14-26-46)51(61-36-44-21-9-3-10-22-44)40-60-35-48-31-32-49-29-17-18-30-50(49)33-48/h2-33,51-57H,34-42H2,1H3/t51?,52?,53-,54?,55?,56?,57-/m1/s1. The van der Waals surface area contributed by atoms with Crippen molar-refractivity contribution in [2.24, 2.45) is 0 Å². The van der Waals surface area contributed by atoms with Gasteiger partial charge in [0.05, 0.1) is 59.5 Å². The maximum atomic E-state index is 6.96. The van der Waals surface area contributed by atoms with Crippen LogP contribution in [0.2, 0.25) is 0 Å². The normalized spacial score (nSPS) is 18.6. The minimum Gasteiger partial charge on any atom is -0.374 e. The Morgan fingerprint density at radius 3 is 1.44 bits per heavy atom. The molecule has 0 radical (unpaired) electrons. The largest absolute Gasteiger partial charge is 0.374 e. The van der Waals surface area contributed by atoms with Crippen molar-refractivity contribution in [3.8, 4) is 0 Å². The Bertz CT molecular complexity index is 2410. The highest BCUT2D eigenvalue weighted by Crippen LogP contribution is 2.30. The van der Waals surface area contributed by atoms with Crippen LogP contribution in [0, 0.1) is 0 Å². The first kappa shape index (κ1) is 47.0. The number of methoxy groups -OCH3 is 1. The lowest BCUT2D eigenvalue weighted by molar-refractivity contribution is -0.221. The second-order valence-electron chi connectivity index (χ2n) is 16.5. The van der Waals surface area contributed by atoms with Crippen molar-refractivity contribution in [2.45, 2.75) is 82.6 Å². The summed E-state index contributed by atoms with van der Waals surface area (Å²) in [5.41, 5.74) is 6.22. The molecule has 1 fully saturated rings. The fourth-order valence-corrected chi connectivity index (χ4v) is 8.11. The van der Waals surface area contributed by atoms with Crippen LogP contribution in [-0.2, 0) is 82.3 Å². The van der Waals surface area contributed by atoms with E-state index in [2.05, 4.69) is 66.7 Å². The molecule has 7 aromatic rings. The quantitative estimate of drug-likeness (QED) is 0.0528. The molecule has 1 aliphatic rings. The van der Waals surface area contributed by atoms with Crippen molar-refractivity contribution in [3.05, 3.63) is 228 Å². The summed E-state index contributed by atoms with van der Waals surface area (Å²) >= 11 is 0. The van der Waals surface area contributed by atoms with E-state index in [1.165, 1.54) is 5.39 Å². The highest BCUT2D eigenvalue weighted by Gasteiger charge is 2.47. The molecule has 342 valence electrons. The van der Waals surface area contributed by atoms with Crippen LogP contribution >= 0.6 is 0 Å². The SMILES string of the molecule is COC1C(OCc2ccccc2)[C@@H](COCc2ccccc2)O[C@H]1OCC(OCc1ccccc1)C(OCc1ccccc1)C(COCc1ccc2ccccc2c1)OCc1ccccc1. The van der Waals surface area contributed by atoms with Crippen LogP contribution in [0.25, 0.3) is 10.8 Å². The van der Waals surface area contributed by atoms with E-state index in [4.69, 9.17) is 42.6 Å². The van der Waals surface area contributed by atoms with E-state index < -0.39 is 42.9 Å². The molecular weight excluding hydrogens is 829 g/mol. The molecule has 1 aliphatic heterocycles. The van der Waals surface area contributed by atoms with Crippen LogP contribution < -0.4 is 0 Å². The molecule has 5 unspecified atom stereocenters. The molecule has 0 spiro atoms. The molecule has 0 saturated carbocycles. The Labute approximate surface area is 389 Å². The highest BCUT2D eigenvalue weighted by molar-refractivity contribution is 5.82. The summed E-state index contributed by atoms with van der Waals surface area (Å²) in [6.45, 7) is 2.71. The van der Waals surface area contributed by atoms with Gasteiger partial charge >= 0.3 is 0 Å². The summed E-state index contributed by atoms with van der Waals surface area (Å²) in [5.74, 6) is 0. The fraction of sp³-hybridized carbons (Fsp3) is 0.298. The van der Waals surface area contributed by atoms with E-state index in [1.54, 1.807) is 7.11 Å². The zero-order valence-corrected chi connectivity index (χ0v) is 37.6. The van der Waals surface area contributed by atoms with E-state index >= 15 is 0 Å². The van der Waals surface area contributed by atoms with E-state index in [0.717, 1.165) is 38.8 Å². The number of hydrogen-bond donors (Lipinski definition) is 0. The first-order valence-electron chi connectivity index (χ1n) is 22.8. The van der Waals surface area contributed by atoms with Crippen LogP contribution in [0.1, 0.15) is 33.4 Å². The second kappa shape index (κ2) is 25.4. The van der Waals surface area contributed by atoms with Gasteiger partial charge in [-0.3, -0.25) is 0 Å². The highest BCUT2D eigenvalue weighted by atomic mass is 16.7. The zero-order chi connectivity index (χ0) is 45.0. The van der Waals surface area contributed by atoms with Crippen LogP contribution in [0.5, 0.6) is 0 Å². The van der Waals surface area contributed by atoms with Crippen LogP contribution in [0.15, 0.2) is 194 Å². The summed E-state index contributed by atoms with van der Waals surface area (Å²) in [6.07, 6.45) is -4.26. The zero-order valence-electron chi connectivity index (χ0n) is 37.6. The summed E-state index contributed by atoms with van der Waals surface area (Å²) in [7, 11) is 1.66. The lowest BCUT2D eigenvalue weighted by Gasteiger charge is -2.34. The molecule has 66 heavy (non-hydrogen) atoms. The van der Waals surface area contributed by atoms with Crippen molar-refractivity contribution in [3.63, 3.8) is 0 Å². The van der Waals surface area contributed by atoms with Crippen LogP contribution in [-0.4, -0.2) is 69.8 Å². The monoisotopic (exact) mass is 888 g/mol. The molecular formula is C57H60O9. The summed E-state index contributed by atoms with van der Waals surface area (Å²) in [5, 5.41) is 2.34.